The molecule has 0 amide bonds. The Balaban J connectivity index is 1.78. The molecule has 0 bridgehead atoms. The van der Waals surface area contributed by atoms with Gasteiger partial charge in [-0.1, -0.05) is 37.5 Å². The normalized spacial score (nSPS) is 17.8. The molecule has 3 heteroatoms. The van der Waals surface area contributed by atoms with Crippen molar-refractivity contribution in [3.05, 3.63) is 30.3 Å². The number of ether oxygens (including phenoxy) is 1. The van der Waals surface area contributed by atoms with E-state index < -0.39 is 0 Å². The smallest absolute Gasteiger partial charge is 0.0587 e. The van der Waals surface area contributed by atoms with Crippen LogP contribution in [0.1, 0.15) is 38.5 Å². The van der Waals surface area contributed by atoms with Crippen LogP contribution in [0.5, 0.6) is 0 Å². The van der Waals surface area contributed by atoms with Crippen molar-refractivity contribution in [2.75, 3.05) is 32.6 Å². The van der Waals surface area contributed by atoms with Crippen LogP contribution in [-0.2, 0) is 4.74 Å². The Morgan fingerprint density at radius 1 is 1.14 bits per heavy atom. The van der Waals surface area contributed by atoms with Gasteiger partial charge in [-0.2, -0.15) is 0 Å². The molecule has 1 N–H and O–H groups in total. The number of nitrogens with one attached hydrogen (secondary N) is 1. The molecule has 0 unspecified atom stereocenters. The van der Waals surface area contributed by atoms with E-state index in [9.17, 15) is 0 Å². The van der Waals surface area contributed by atoms with Crippen LogP contribution < -0.4 is 5.32 Å². The summed E-state index contributed by atoms with van der Waals surface area (Å²) in [6.45, 7) is 2.95. The van der Waals surface area contributed by atoms with Crippen molar-refractivity contribution in [2.45, 2.75) is 43.4 Å². The monoisotopic (exact) mass is 307 g/mol. The molecule has 1 saturated carbocycles. The Bertz CT molecular complexity index is 376. The van der Waals surface area contributed by atoms with Crippen LogP contribution in [0, 0.1) is 5.41 Å². The first-order chi connectivity index (χ1) is 10.3. The summed E-state index contributed by atoms with van der Waals surface area (Å²) in [6.07, 6.45) is 8.34. The lowest BCUT2D eigenvalue weighted by Gasteiger charge is -2.37. The van der Waals surface area contributed by atoms with Crippen LogP contribution in [0.25, 0.3) is 0 Å². The largest absolute Gasteiger partial charge is 0.383 e. The molecule has 1 aliphatic rings. The molecule has 118 valence electrons. The van der Waals surface area contributed by atoms with E-state index in [-0.39, 0.29) is 0 Å². The zero-order valence-electron chi connectivity index (χ0n) is 13.3. The maximum Gasteiger partial charge on any atom is 0.0587 e. The van der Waals surface area contributed by atoms with Crippen LogP contribution in [0.3, 0.4) is 0 Å². The van der Waals surface area contributed by atoms with Crippen molar-refractivity contribution in [3.63, 3.8) is 0 Å². The quantitative estimate of drug-likeness (QED) is 0.541. The van der Waals surface area contributed by atoms with Gasteiger partial charge in [0.2, 0.25) is 0 Å². The molecular weight excluding hydrogens is 278 g/mol. The van der Waals surface area contributed by atoms with Gasteiger partial charge in [0.1, 0.15) is 0 Å². The highest BCUT2D eigenvalue weighted by Crippen LogP contribution is 2.40. The van der Waals surface area contributed by atoms with E-state index >= 15 is 0 Å². The third-order valence-corrected chi connectivity index (χ3v) is 5.56. The van der Waals surface area contributed by atoms with Crippen molar-refractivity contribution in [3.8, 4) is 0 Å². The van der Waals surface area contributed by atoms with Crippen molar-refractivity contribution < 1.29 is 4.74 Å². The third-order valence-electron chi connectivity index (χ3n) is 4.54. The Labute approximate surface area is 134 Å². The van der Waals surface area contributed by atoms with E-state index in [4.69, 9.17) is 4.74 Å². The maximum absolute atomic E-state index is 5.14. The number of thioether (sulfide) groups is 1. The van der Waals surface area contributed by atoms with E-state index in [1.807, 2.05) is 11.8 Å². The lowest BCUT2D eigenvalue weighted by atomic mass is 9.72. The van der Waals surface area contributed by atoms with Crippen LogP contribution in [0.15, 0.2) is 35.2 Å². The molecule has 1 aromatic rings. The zero-order chi connectivity index (χ0) is 14.8. The van der Waals surface area contributed by atoms with Gasteiger partial charge in [-0.25, -0.2) is 0 Å². The van der Waals surface area contributed by atoms with Gasteiger partial charge in [0, 0.05) is 25.1 Å². The summed E-state index contributed by atoms with van der Waals surface area (Å²) < 4.78 is 5.14. The Kier molecular flexibility index (Phi) is 7.62. The van der Waals surface area contributed by atoms with Gasteiger partial charge >= 0.3 is 0 Å². The van der Waals surface area contributed by atoms with Crippen LogP contribution in [0.2, 0.25) is 0 Å². The second-order valence-electron chi connectivity index (χ2n) is 6.14. The fourth-order valence-electron chi connectivity index (χ4n) is 3.25. The second-order valence-corrected chi connectivity index (χ2v) is 7.31. The predicted molar refractivity (Wildman–Crippen MR) is 92.0 cm³/mol. The molecule has 2 rings (SSSR count). The lowest BCUT2D eigenvalue weighted by molar-refractivity contribution is 0.160. The van der Waals surface area contributed by atoms with Gasteiger partial charge in [0.05, 0.1) is 6.61 Å². The Morgan fingerprint density at radius 3 is 2.62 bits per heavy atom. The van der Waals surface area contributed by atoms with Gasteiger partial charge in [0.25, 0.3) is 0 Å². The van der Waals surface area contributed by atoms with Crippen molar-refractivity contribution >= 4 is 11.8 Å². The molecule has 0 spiro atoms. The average molecular weight is 308 g/mol. The van der Waals surface area contributed by atoms with E-state index in [2.05, 4.69) is 35.6 Å². The Morgan fingerprint density at radius 2 is 1.90 bits per heavy atom. The number of hydrogen-bond acceptors (Lipinski definition) is 3. The van der Waals surface area contributed by atoms with Gasteiger partial charge in [-0.3, -0.25) is 0 Å². The zero-order valence-corrected chi connectivity index (χ0v) is 14.1. The third kappa shape index (κ3) is 6.01. The summed E-state index contributed by atoms with van der Waals surface area (Å²) in [6, 6.07) is 10.8. The van der Waals surface area contributed by atoms with Gasteiger partial charge in [-0.05, 0) is 42.6 Å². The highest BCUT2D eigenvalue weighted by Gasteiger charge is 2.31. The fourth-order valence-corrected chi connectivity index (χ4v) is 4.37. The number of benzene rings is 1. The molecule has 0 radical (unpaired) electrons. The molecule has 0 atom stereocenters. The Hall–Kier alpha value is -0.510. The minimum Gasteiger partial charge on any atom is -0.383 e. The van der Waals surface area contributed by atoms with E-state index in [1.54, 1.807) is 7.11 Å². The summed E-state index contributed by atoms with van der Waals surface area (Å²) in [5.74, 6) is 1.23. The first kappa shape index (κ1) is 16.9. The first-order valence-corrected chi connectivity index (χ1v) is 9.21. The molecule has 1 aromatic carbocycles. The SMILES string of the molecule is COCCNCC1(CCSc2ccccc2)CCCCC1. The number of methoxy groups -OCH3 is 1. The van der Waals surface area contributed by atoms with Crippen molar-refractivity contribution in [2.24, 2.45) is 5.41 Å². The summed E-state index contributed by atoms with van der Waals surface area (Å²) in [5.41, 5.74) is 0.522. The van der Waals surface area contributed by atoms with Gasteiger partial charge in [-0.15, -0.1) is 11.8 Å². The molecule has 1 fully saturated rings. The molecule has 21 heavy (non-hydrogen) atoms. The summed E-state index contributed by atoms with van der Waals surface area (Å²) in [4.78, 5) is 1.40. The number of rotatable bonds is 9. The van der Waals surface area contributed by atoms with E-state index in [1.165, 1.54) is 49.2 Å². The minimum atomic E-state index is 0.522. The maximum atomic E-state index is 5.14. The van der Waals surface area contributed by atoms with E-state index in [0.29, 0.717) is 5.41 Å². The molecule has 2 nitrogen and oxygen atoms in total. The van der Waals surface area contributed by atoms with Crippen LogP contribution in [0.4, 0.5) is 0 Å². The highest BCUT2D eigenvalue weighted by atomic mass is 32.2. The first-order valence-electron chi connectivity index (χ1n) is 8.22. The standard InChI is InChI=1S/C18H29NOS/c1-20-14-13-19-16-18(10-6-3-7-11-18)12-15-21-17-8-4-2-5-9-17/h2,4-5,8-9,19H,3,6-7,10-16H2,1H3. The minimum absolute atomic E-state index is 0.522. The topological polar surface area (TPSA) is 21.3 Å². The van der Waals surface area contributed by atoms with Gasteiger partial charge in [0.15, 0.2) is 0 Å². The summed E-state index contributed by atoms with van der Waals surface area (Å²) in [5, 5.41) is 3.61. The van der Waals surface area contributed by atoms with Crippen molar-refractivity contribution in [1.29, 1.82) is 0 Å². The van der Waals surface area contributed by atoms with Crippen LogP contribution >= 0.6 is 11.8 Å². The predicted octanol–water partition coefficient (Wildman–Crippen LogP) is 4.36. The lowest BCUT2D eigenvalue weighted by Crippen LogP contribution is -2.37. The van der Waals surface area contributed by atoms with Gasteiger partial charge < -0.3 is 10.1 Å². The van der Waals surface area contributed by atoms with Crippen molar-refractivity contribution in [1.82, 2.24) is 5.32 Å². The van der Waals surface area contributed by atoms with Crippen LogP contribution in [-0.4, -0.2) is 32.6 Å². The molecule has 0 aromatic heterocycles. The molecule has 1 aliphatic carbocycles. The summed E-state index contributed by atoms with van der Waals surface area (Å²) in [7, 11) is 1.77. The molecule has 0 saturated heterocycles. The highest BCUT2D eigenvalue weighted by molar-refractivity contribution is 7.99. The molecule has 0 heterocycles. The summed E-state index contributed by atoms with van der Waals surface area (Å²) >= 11 is 2.00. The second kappa shape index (κ2) is 9.50. The number of hydrogen-bond donors (Lipinski definition) is 1. The molecule has 0 aliphatic heterocycles. The molecular formula is C18H29NOS. The average Bonchev–Trinajstić information content (AvgIpc) is 2.54. The fraction of sp³-hybridized carbons (Fsp3) is 0.667. The van der Waals surface area contributed by atoms with E-state index in [0.717, 1.165) is 19.7 Å².